The highest BCUT2D eigenvalue weighted by Crippen LogP contribution is 2.18. The Bertz CT molecular complexity index is 325. The molecule has 2 N–H and O–H groups in total. The molecule has 0 fully saturated rings. The van der Waals surface area contributed by atoms with Crippen LogP contribution in [0.3, 0.4) is 0 Å². The van der Waals surface area contributed by atoms with Crippen LogP contribution in [0.25, 0.3) is 0 Å². The van der Waals surface area contributed by atoms with Gasteiger partial charge in [0, 0.05) is 10.0 Å². The molecule has 14 heavy (non-hydrogen) atoms. The van der Waals surface area contributed by atoms with E-state index >= 15 is 0 Å². The molecule has 0 heterocycles. The summed E-state index contributed by atoms with van der Waals surface area (Å²) in [5, 5.41) is 0. The highest BCUT2D eigenvalue weighted by atomic mass is 79.9. The average Bonchev–Trinajstić information content (AvgIpc) is 2.18. The minimum atomic E-state index is -0.376. The van der Waals surface area contributed by atoms with E-state index in [1.54, 1.807) is 6.07 Å². The zero-order valence-corrected chi connectivity index (χ0v) is 9.75. The smallest absolute Gasteiger partial charge is 0.180 e. The Kier molecular flexibility index (Phi) is 4.29. The van der Waals surface area contributed by atoms with Gasteiger partial charge in [-0.3, -0.25) is 4.79 Å². The molecule has 1 unspecified atom stereocenters. The van der Waals surface area contributed by atoms with Crippen molar-refractivity contribution in [2.24, 2.45) is 5.73 Å². The van der Waals surface area contributed by atoms with Crippen molar-refractivity contribution in [3.05, 3.63) is 34.3 Å². The first kappa shape index (κ1) is 11.4. The van der Waals surface area contributed by atoms with Gasteiger partial charge in [0.25, 0.3) is 0 Å². The van der Waals surface area contributed by atoms with Gasteiger partial charge in [0.15, 0.2) is 5.78 Å². The summed E-state index contributed by atoms with van der Waals surface area (Å²) in [6.07, 6.45) is 1.66. The van der Waals surface area contributed by atoms with Crippen LogP contribution in [0.5, 0.6) is 0 Å². The Balaban J connectivity index is 2.84. The third-order valence-electron chi connectivity index (χ3n) is 2.08. The second kappa shape index (κ2) is 5.27. The van der Waals surface area contributed by atoms with E-state index in [1.807, 2.05) is 25.1 Å². The number of rotatable bonds is 4. The molecule has 76 valence electrons. The average molecular weight is 256 g/mol. The van der Waals surface area contributed by atoms with Crippen molar-refractivity contribution in [3.63, 3.8) is 0 Å². The van der Waals surface area contributed by atoms with Crippen LogP contribution in [0, 0.1) is 0 Å². The fourth-order valence-corrected chi connectivity index (χ4v) is 1.78. The molecule has 0 saturated heterocycles. The van der Waals surface area contributed by atoms with Gasteiger partial charge in [0.2, 0.25) is 0 Å². The molecule has 0 saturated carbocycles. The van der Waals surface area contributed by atoms with E-state index in [-0.39, 0.29) is 11.8 Å². The van der Waals surface area contributed by atoms with E-state index in [1.165, 1.54) is 0 Å². The molecule has 0 amide bonds. The van der Waals surface area contributed by atoms with E-state index < -0.39 is 0 Å². The number of nitrogens with two attached hydrogens (primary N) is 1. The van der Waals surface area contributed by atoms with E-state index in [4.69, 9.17) is 5.73 Å². The second-order valence-corrected chi connectivity index (χ2v) is 4.09. The summed E-state index contributed by atoms with van der Waals surface area (Å²) in [5.74, 6) is 0.0133. The lowest BCUT2D eigenvalue weighted by atomic mass is 10.0. The van der Waals surface area contributed by atoms with Crippen LogP contribution in [-0.4, -0.2) is 11.8 Å². The Morgan fingerprint density at radius 3 is 2.71 bits per heavy atom. The van der Waals surface area contributed by atoms with Crippen molar-refractivity contribution in [1.82, 2.24) is 0 Å². The summed E-state index contributed by atoms with van der Waals surface area (Å²) in [6.45, 7) is 2.02. The van der Waals surface area contributed by atoms with Gasteiger partial charge < -0.3 is 5.73 Å². The van der Waals surface area contributed by atoms with Crippen LogP contribution in [0.1, 0.15) is 30.1 Å². The minimum absolute atomic E-state index is 0.0133. The summed E-state index contributed by atoms with van der Waals surface area (Å²) >= 11 is 3.34. The standard InChI is InChI=1S/C11H14BrNO/c1-2-5-10(13)11(14)8-6-3-4-7-9(8)12/h3-4,6-7,10H,2,5,13H2,1H3. The van der Waals surface area contributed by atoms with Crippen LogP contribution in [-0.2, 0) is 0 Å². The van der Waals surface area contributed by atoms with Gasteiger partial charge in [-0.2, -0.15) is 0 Å². The maximum atomic E-state index is 11.8. The number of benzene rings is 1. The number of halogens is 1. The first-order valence-corrected chi connectivity index (χ1v) is 5.50. The monoisotopic (exact) mass is 255 g/mol. The molecule has 0 bridgehead atoms. The number of hydrogen-bond acceptors (Lipinski definition) is 2. The molecule has 0 radical (unpaired) electrons. The van der Waals surface area contributed by atoms with Gasteiger partial charge in [0.05, 0.1) is 6.04 Å². The molecule has 0 aromatic heterocycles. The van der Waals surface area contributed by atoms with E-state index in [0.717, 1.165) is 17.3 Å². The number of ketones is 1. The maximum absolute atomic E-state index is 11.8. The van der Waals surface area contributed by atoms with Gasteiger partial charge in [0.1, 0.15) is 0 Å². The molecular formula is C11H14BrNO. The summed E-state index contributed by atoms with van der Waals surface area (Å²) in [4.78, 5) is 11.8. The van der Waals surface area contributed by atoms with Crippen molar-refractivity contribution in [3.8, 4) is 0 Å². The van der Waals surface area contributed by atoms with Crippen molar-refractivity contribution in [2.75, 3.05) is 0 Å². The van der Waals surface area contributed by atoms with Gasteiger partial charge in [-0.25, -0.2) is 0 Å². The summed E-state index contributed by atoms with van der Waals surface area (Å²) in [5.41, 5.74) is 6.43. The van der Waals surface area contributed by atoms with E-state index in [9.17, 15) is 4.79 Å². The van der Waals surface area contributed by atoms with Crippen LogP contribution < -0.4 is 5.73 Å². The summed E-state index contributed by atoms with van der Waals surface area (Å²) in [6, 6.07) is 7.00. The van der Waals surface area contributed by atoms with Crippen molar-refractivity contribution in [1.29, 1.82) is 0 Å². The molecule has 1 aromatic carbocycles. The molecule has 3 heteroatoms. The lowest BCUT2D eigenvalue weighted by Crippen LogP contribution is -2.30. The third kappa shape index (κ3) is 2.66. The molecule has 2 nitrogen and oxygen atoms in total. The lowest BCUT2D eigenvalue weighted by molar-refractivity contribution is 0.0956. The number of hydrogen-bond donors (Lipinski definition) is 1. The Morgan fingerprint density at radius 2 is 2.14 bits per heavy atom. The normalized spacial score (nSPS) is 12.5. The Labute approximate surface area is 92.6 Å². The molecule has 1 aromatic rings. The van der Waals surface area contributed by atoms with Crippen molar-refractivity contribution in [2.45, 2.75) is 25.8 Å². The largest absolute Gasteiger partial charge is 0.321 e. The third-order valence-corrected chi connectivity index (χ3v) is 2.77. The van der Waals surface area contributed by atoms with Crippen molar-refractivity contribution >= 4 is 21.7 Å². The van der Waals surface area contributed by atoms with Crippen LogP contribution in [0.2, 0.25) is 0 Å². The predicted octanol–water partition coefficient (Wildman–Crippen LogP) is 2.76. The predicted molar refractivity (Wildman–Crippen MR) is 61.4 cm³/mol. The number of carbonyl (C=O) groups is 1. The first-order chi connectivity index (χ1) is 6.66. The van der Waals surface area contributed by atoms with Gasteiger partial charge in [-0.1, -0.05) is 47.5 Å². The van der Waals surface area contributed by atoms with Gasteiger partial charge >= 0.3 is 0 Å². The molecule has 0 aliphatic heterocycles. The molecule has 1 rings (SSSR count). The molecular weight excluding hydrogens is 242 g/mol. The minimum Gasteiger partial charge on any atom is -0.321 e. The highest BCUT2D eigenvalue weighted by Gasteiger charge is 2.16. The maximum Gasteiger partial charge on any atom is 0.180 e. The number of Topliss-reactive ketones (excluding diaryl/α,β-unsaturated/α-hetero) is 1. The summed E-state index contributed by atoms with van der Waals surface area (Å²) in [7, 11) is 0. The first-order valence-electron chi connectivity index (χ1n) is 4.71. The van der Waals surface area contributed by atoms with Crippen LogP contribution in [0.4, 0.5) is 0 Å². The molecule has 0 aliphatic carbocycles. The van der Waals surface area contributed by atoms with E-state index in [0.29, 0.717) is 5.56 Å². The van der Waals surface area contributed by atoms with Crippen LogP contribution >= 0.6 is 15.9 Å². The van der Waals surface area contributed by atoms with E-state index in [2.05, 4.69) is 15.9 Å². The SMILES string of the molecule is CCCC(N)C(=O)c1ccccc1Br. The highest BCUT2D eigenvalue weighted by molar-refractivity contribution is 9.10. The zero-order valence-electron chi connectivity index (χ0n) is 8.16. The topological polar surface area (TPSA) is 43.1 Å². The zero-order chi connectivity index (χ0) is 10.6. The fourth-order valence-electron chi connectivity index (χ4n) is 1.30. The van der Waals surface area contributed by atoms with Crippen LogP contribution in [0.15, 0.2) is 28.7 Å². The lowest BCUT2D eigenvalue weighted by Gasteiger charge is -2.10. The Morgan fingerprint density at radius 1 is 1.50 bits per heavy atom. The van der Waals surface area contributed by atoms with Gasteiger partial charge in [-0.05, 0) is 12.5 Å². The molecule has 1 atom stereocenters. The number of carbonyl (C=O) groups excluding carboxylic acids is 1. The Hall–Kier alpha value is -0.670. The molecule has 0 aliphatic rings. The summed E-state index contributed by atoms with van der Waals surface area (Å²) < 4.78 is 0.816. The molecule has 0 spiro atoms. The van der Waals surface area contributed by atoms with Crippen molar-refractivity contribution < 1.29 is 4.79 Å². The van der Waals surface area contributed by atoms with Gasteiger partial charge in [-0.15, -0.1) is 0 Å². The quantitative estimate of drug-likeness (QED) is 0.842. The second-order valence-electron chi connectivity index (χ2n) is 3.24. The fraction of sp³-hybridized carbons (Fsp3) is 0.364.